The molecule has 0 aliphatic carbocycles. The van der Waals surface area contributed by atoms with E-state index in [1.807, 2.05) is 6.92 Å². The minimum absolute atomic E-state index is 0.0539. The highest BCUT2D eigenvalue weighted by molar-refractivity contribution is 5.75. The predicted molar refractivity (Wildman–Crippen MR) is 67.7 cm³/mol. The van der Waals surface area contributed by atoms with Gasteiger partial charge in [0, 0.05) is 12.6 Å². The van der Waals surface area contributed by atoms with Crippen molar-refractivity contribution < 1.29 is 14.8 Å². The molecule has 0 bridgehead atoms. The molecule has 0 aliphatic heterocycles. The number of carboxylic acid groups (broad SMARTS) is 1. The van der Waals surface area contributed by atoms with Gasteiger partial charge in [0.25, 0.3) is 5.69 Å². The average Bonchev–Trinajstić information content (AvgIpc) is 2.26. The molecule has 1 aromatic carbocycles. The Bertz CT molecular complexity index is 483. The van der Waals surface area contributed by atoms with Gasteiger partial charge in [-0.1, -0.05) is 6.07 Å². The van der Waals surface area contributed by atoms with Crippen molar-refractivity contribution in [2.24, 2.45) is 5.41 Å². The topological polar surface area (TPSA) is 92.5 Å². The molecule has 0 aliphatic rings. The Morgan fingerprint density at radius 1 is 1.50 bits per heavy atom. The number of nitro benzene ring substituents is 1. The molecule has 0 aromatic heterocycles. The molecule has 6 heteroatoms. The smallest absolute Gasteiger partial charge is 0.310 e. The number of nitrogens with zero attached hydrogens (tertiary/aromatic N) is 1. The van der Waals surface area contributed by atoms with Crippen LogP contribution in [-0.2, 0) is 4.79 Å². The van der Waals surface area contributed by atoms with Crippen LogP contribution in [0.1, 0.15) is 19.4 Å². The maximum absolute atomic E-state index is 11.0. The van der Waals surface area contributed by atoms with Crippen LogP contribution in [0.5, 0.6) is 0 Å². The van der Waals surface area contributed by atoms with Gasteiger partial charge in [0.2, 0.25) is 0 Å². The zero-order valence-electron chi connectivity index (χ0n) is 10.6. The molecule has 98 valence electrons. The van der Waals surface area contributed by atoms with Gasteiger partial charge in [0.1, 0.15) is 5.69 Å². The second kappa shape index (κ2) is 5.03. The van der Waals surface area contributed by atoms with Crippen molar-refractivity contribution in [2.45, 2.75) is 20.8 Å². The molecular formula is C12H16N2O4. The van der Waals surface area contributed by atoms with Crippen LogP contribution in [-0.4, -0.2) is 22.5 Å². The summed E-state index contributed by atoms with van der Waals surface area (Å²) in [6, 6.07) is 4.69. The first-order valence-corrected chi connectivity index (χ1v) is 5.46. The normalized spacial score (nSPS) is 11.1. The lowest BCUT2D eigenvalue weighted by atomic mass is 9.94. The second-order valence-electron chi connectivity index (χ2n) is 4.82. The molecule has 0 saturated carbocycles. The van der Waals surface area contributed by atoms with Gasteiger partial charge in [-0.25, -0.2) is 0 Å². The molecule has 0 saturated heterocycles. The summed E-state index contributed by atoms with van der Waals surface area (Å²) in [5.41, 5.74) is 0.171. The number of benzene rings is 1. The number of carboxylic acids is 1. The van der Waals surface area contributed by atoms with Crippen LogP contribution in [0.2, 0.25) is 0 Å². The maximum Gasteiger partial charge on any atom is 0.310 e. The standard InChI is InChI=1S/C12H16N2O4/c1-8-4-5-10(14(17)18)9(6-8)13-7-12(2,3)11(15)16/h4-6,13H,7H2,1-3H3,(H,15,16). The summed E-state index contributed by atoms with van der Waals surface area (Å²) in [5.74, 6) is -0.953. The van der Waals surface area contributed by atoms with Crippen molar-refractivity contribution in [1.29, 1.82) is 0 Å². The molecule has 0 amide bonds. The molecule has 2 N–H and O–H groups in total. The molecule has 0 heterocycles. The number of aliphatic carboxylic acids is 1. The average molecular weight is 252 g/mol. The van der Waals surface area contributed by atoms with Gasteiger partial charge >= 0.3 is 5.97 Å². The molecule has 6 nitrogen and oxygen atoms in total. The van der Waals surface area contributed by atoms with Crippen molar-refractivity contribution >= 4 is 17.3 Å². The summed E-state index contributed by atoms with van der Waals surface area (Å²) in [7, 11) is 0. The van der Waals surface area contributed by atoms with Crippen LogP contribution in [0.25, 0.3) is 0 Å². The van der Waals surface area contributed by atoms with Gasteiger partial charge in [0.05, 0.1) is 10.3 Å². The lowest BCUT2D eigenvalue weighted by Gasteiger charge is -2.20. The summed E-state index contributed by atoms with van der Waals surface area (Å²) in [4.78, 5) is 21.3. The van der Waals surface area contributed by atoms with Crippen molar-refractivity contribution in [3.8, 4) is 0 Å². The van der Waals surface area contributed by atoms with E-state index in [0.29, 0.717) is 5.69 Å². The van der Waals surface area contributed by atoms with E-state index in [1.54, 1.807) is 26.0 Å². The summed E-state index contributed by atoms with van der Waals surface area (Å²) in [6.45, 7) is 5.05. The van der Waals surface area contributed by atoms with E-state index in [-0.39, 0.29) is 12.2 Å². The molecule has 0 unspecified atom stereocenters. The highest BCUT2D eigenvalue weighted by Gasteiger charge is 2.27. The summed E-state index contributed by atoms with van der Waals surface area (Å²) < 4.78 is 0. The Morgan fingerprint density at radius 3 is 2.61 bits per heavy atom. The molecular weight excluding hydrogens is 236 g/mol. The van der Waals surface area contributed by atoms with Crippen LogP contribution in [0.15, 0.2) is 18.2 Å². The van der Waals surface area contributed by atoms with Gasteiger partial charge in [-0.2, -0.15) is 0 Å². The monoisotopic (exact) mass is 252 g/mol. The number of hydrogen-bond acceptors (Lipinski definition) is 4. The zero-order valence-corrected chi connectivity index (χ0v) is 10.6. The maximum atomic E-state index is 11.0. The first-order chi connectivity index (χ1) is 8.24. The van der Waals surface area contributed by atoms with Crippen LogP contribution >= 0.6 is 0 Å². The van der Waals surface area contributed by atoms with Gasteiger partial charge in [-0.15, -0.1) is 0 Å². The number of nitrogens with one attached hydrogen (secondary N) is 1. The van der Waals surface area contributed by atoms with Crippen molar-refractivity contribution in [1.82, 2.24) is 0 Å². The van der Waals surface area contributed by atoms with E-state index in [0.717, 1.165) is 5.56 Å². The first-order valence-electron chi connectivity index (χ1n) is 5.46. The molecule has 18 heavy (non-hydrogen) atoms. The molecule has 0 fully saturated rings. The van der Waals surface area contributed by atoms with Crippen LogP contribution in [0.4, 0.5) is 11.4 Å². The summed E-state index contributed by atoms with van der Waals surface area (Å²) >= 11 is 0. The van der Waals surface area contributed by atoms with Crippen LogP contribution in [0, 0.1) is 22.5 Å². The van der Waals surface area contributed by atoms with E-state index in [9.17, 15) is 14.9 Å². The van der Waals surface area contributed by atoms with E-state index < -0.39 is 16.3 Å². The lowest BCUT2D eigenvalue weighted by molar-refractivity contribution is -0.384. The zero-order chi connectivity index (χ0) is 13.9. The fraction of sp³-hybridized carbons (Fsp3) is 0.417. The Labute approximate surface area is 105 Å². The van der Waals surface area contributed by atoms with Crippen LogP contribution < -0.4 is 5.32 Å². The van der Waals surface area contributed by atoms with Gasteiger partial charge in [0.15, 0.2) is 0 Å². The third kappa shape index (κ3) is 3.19. The highest BCUT2D eigenvalue weighted by Crippen LogP contribution is 2.27. The van der Waals surface area contributed by atoms with E-state index >= 15 is 0 Å². The number of aryl methyl sites for hydroxylation is 1. The summed E-state index contributed by atoms with van der Waals surface area (Å²) in [6.07, 6.45) is 0. The predicted octanol–water partition coefficient (Wildman–Crippen LogP) is 2.43. The van der Waals surface area contributed by atoms with Gasteiger partial charge in [-0.3, -0.25) is 14.9 Å². The van der Waals surface area contributed by atoms with Crippen molar-refractivity contribution in [3.05, 3.63) is 33.9 Å². The molecule has 1 rings (SSSR count). The van der Waals surface area contributed by atoms with Gasteiger partial charge < -0.3 is 10.4 Å². The third-order valence-corrected chi connectivity index (χ3v) is 2.65. The highest BCUT2D eigenvalue weighted by atomic mass is 16.6. The number of hydrogen-bond donors (Lipinski definition) is 2. The van der Waals surface area contributed by atoms with Gasteiger partial charge in [-0.05, 0) is 32.4 Å². The largest absolute Gasteiger partial charge is 0.481 e. The Morgan fingerprint density at radius 2 is 2.11 bits per heavy atom. The van der Waals surface area contributed by atoms with Crippen molar-refractivity contribution in [3.63, 3.8) is 0 Å². The minimum Gasteiger partial charge on any atom is -0.481 e. The Balaban J connectivity index is 2.94. The third-order valence-electron chi connectivity index (χ3n) is 2.65. The minimum atomic E-state index is -0.988. The number of nitro groups is 1. The second-order valence-corrected chi connectivity index (χ2v) is 4.82. The molecule has 0 spiro atoms. The lowest BCUT2D eigenvalue weighted by Crippen LogP contribution is -2.31. The fourth-order valence-electron chi connectivity index (χ4n) is 1.34. The SMILES string of the molecule is Cc1ccc([N+](=O)[O-])c(NCC(C)(C)C(=O)O)c1. The Hall–Kier alpha value is -2.11. The molecule has 0 atom stereocenters. The van der Waals surface area contributed by atoms with Crippen molar-refractivity contribution in [2.75, 3.05) is 11.9 Å². The quantitative estimate of drug-likeness (QED) is 0.620. The van der Waals surface area contributed by atoms with E-state index in [2.05, 4.69) is 5.32 Å². The fourth-order valence-corrected chi connectivity index (χ4v) is 1.34. The molecule has 0 radical (unpaired) electrons. The summed E-state index contributed by atoms with van der Waals surface area (Å²) in [5, 5.41) is 22.7. The number of carbonyl (C=O) groups is 1. The van der Waals surface area contributed by atoms with E-state index in [1.165, 1.54) is 6.07 Å². The Kier molecular flexibility index (Phi) is 3.90. The van der Waals surface area contributed by atoms with E-state index in [4.69, 9.17) is 5.11 Å². The number of rotatable bonds is 5. The van der Waals surface area contributed by atoms with Crippen LogP contribution in [0.3, 0.4) is 0 Å². The first kappa shape index (κ1) is 14.0. The number of anilines is 1. The molecule has 1 aromatic rings.